The third kappa shape index (κ3) is 6.16. The lowest BCUT2D eigenvalue weighted by Crippen LogP contribution is -2.48. The van der Waals surface area contributed by atoms with Crippen LogP contribution in [0.2, 0.25) is 5.28 Å². The molecule has 0 bridgehead atoms. The molecule has 1 aliphatic heterocycles. The van der Waals surface area contributed by atoms with Crippen LogP contribution in [0.4, 0.5) is 24.0 Å². The largest absolute Gasteiger partial charge is 0.345 e. The van der Waals surface area contributed by atoms with Gasteiger partial charge >= 0.3 is 0 Å². The number of halogens is 4. The van der Waals surface area contributed by atoms with Gasteiger partial charge in [0.1, 0.15) is 16.5 Å². The molecule has 1 aliphatic rings. The monoisotopic (exact) mass is 644 g/mol. The van der Waals surface area contributed by atoms with E-state index in [0.29, 0.717) is 40.9 Å². The summed E-state index contributed by atoms with van der Waals surface area (Å²) in [6.07, 6.45) is 2.54. The van der Waals surface area contributed by atoms with E-state index in [4.69, 9.17) is 11.6 Å². The van der Waals surface area contributed by atoms with E-state index in [1.807, 2.05) is 9.62 Å². The molecule has 0 saturated carbocycles. The summed E-state index contributed by atoms with van der Waals surface area (Å²) in [5.74, 6) is -3.21. The maximum atomic E-state index is 15.9. The molecule has 2 aromatic heterocycles. The maximum Gasteiger partial charge on any atom is 0.265 e. The highest BCUT2D eigenvalue weighted by Crippen LogP contribution is 2.42. The van der Waals surface area contributed by atoms with E-state index in [9.17, 15) is 25.6 Å². The first-order chi connectivity index (χ1) is 19.3. The molecular formula is C24H20ClF3N6O4S3. The third-order valence-corrected chi connectivity index (χ3v) is 10.1. The Morgan fingerprint density at radius 2 is 1.71 bits per heavy atom. The van der Waals surface area contributed by atoms with Crippen LogP contribution >= 0.6 is 22.9 Å². The Hall–Kier alpha value is -3.31. The number of aromatic nitrogens is 3. The van der Waals surface area contributed by atoms with Crippen molar-refractivity contribution in [3.8, 4) is 21.8 Å². The standard InChI is InChI=1S/C24H20ClF3N6O4S3/c1-40(35,36)34-11-9-33(10-12-34)24-31-21(22(39-24)18-7-8-29-23(25)30-18)15-3-2-4-17(20(15)28)32-41(37,38)19-13-14(26)5-6-16(19)27/h2-8,13,32H,9-12H2,1H3. The van der Waals surface area contributed by atoms with Crippen LogP contribution in [0.15, 0.2) is 53.6 Å². The Balaban J connectivity index is 1.56. The van der Waals surface area contributed by atoms with E-state index in [2.05, 4.69) is 15.0 Å². The molecule has 1 N–H and O–H groups in total. The molecule has 0 aliphatic carbocycles. The molecule has 41 heavy (non-hydrogen) atoms. The summed E-state index contributed by atoms with van der Waals surface area (Å²) < 4.78 is 96.6. The van der Waals surface area contributed by atoms with Gasteiger partial charge in [-0.15, -0.1) is 0 Å². The predicted molar refractivity (Wildman–Crippen MR) is 149 cm³/mol. The summed E-state index contributed by atoms with van der Waals surface area (Å²) in [7, 11) is -8.08. The first kappa shape index (κ1) is 29.2. The zero-order valence-electron chi connectivity index (χ0n) is 21.1. The molecule has 5 rings (SSSR count). The number of nitrogens with zero attached hydrogens (tertiary/aromatic N) is 5. The van der Waals surface area contributed by atoms with Gasteiger partial charge in [-0.1, -0.05) is 17.4 Å². The second-order valence-electron chi connectivity index (χ2n) is 8.88. The second kappa shape index (κ2) is 11.2. The van der Waals surface area contributed by atoms with Gasteiger partial charge in [0.05, 0.1) is 28.2 Å². The number of rotatable bonds is 7. The van der Waals surface area contributed by atoms with Crippen LogP contribution in [0, 0.1) is 17.5 Å². The van der Waals surface area contributed by atoms with Crippen molar-refractivity contribution in [1.82, 2.24) is 19.3 Å². The molecule has 10 nitrogen and oxygen atoms in total. The van der Waals surface area contributed by atoms with E-state index >= 15 is 4.39 Å². The lowest BCUT2D eigenvalue weighted by atomic mass is 10.1. The van der Waals surface area contributed by atoms with Crippen LogP contribution in [-0.4, -0.2) is 68.5 Å². The van der Waals surface area contributed by atoms with Gasteiger partial charge in [-0.05, 0) is 48.0 Å². The van der Waals surface area contributed by atoms with Crippen molar-refractivity contribution in [2.75, 3.05) is 42.1 Å². The molecule has 0 radical (unpaired) electrons. The predicted octanol–water partition coefficient (Wildman–Crippen LogP) is 4.22. The molecular weight excluding hydrogens is 625 g/mol. The van der Waals surface area contributed by atoms with Gasteiger partial charge in [0.25, 0.3) is 10.0 Å². The SMILES string of the molecule is CS(=O)(=O)N1CCN(c2nc(-c3cccc(NS(=O)(=O)c4cc(F)ccc4F)c3F)c(-c3ccnc(Cl)n3)s2)CC1. The van der Waals surface area contributed by atoms with Crippen LogP contribution in [0.1, 0.15) is 0 Å². The maximum absolute atomic E-state index is 15.9. The van der Waals surface area contributed by atoms with Gasteiger partial charge in [0.2, 0.25) is 15.3 Å². The van der Waals surface area contributed by atoms with Crippen molar-refractivity contribution < 1.29 is 30.0 Å². The van der Waals surface area contributed by atoms with Crippen molar-refractivity contribution >= 4 is 53.8 Å². The first-order valence-electron chi connectivity index (χ1n) is 11.8. The highest BCUT2D eigenvalue weighted by molar-refractivity contribution is 7.92. The highest BCUT2D eigenvalue weighted by atomic mass is 35.5. The molecule has 2 aromatic carbocycles. The molecule has 0 amide bonds. The van der Waals surface area contributed by atoms with Crippen LogP contribution in [0.3, 0.4) is 0 Å². The normalized spacial score (nSPS) is 14.8. The Kier molecular flexibility index (Phi) is 7.95. The van der Waals surface area contributed by atoms with Gasteiger partial charge in [-0.3, -0.25) is 4.72 Å². The average molecular weight is 645 g/mol. The topological polar surface area (TPSA) is 125 Å². The van der Waals surface area contributed by atoms with E-state index in [1.165, 1.54) is 22.6 Å². The van der Waals surface area contributed by atoms with Crippen LogP contribution in [0.5, 0.6) is 0 Å². The van der Waals surface area contributed by atoms with E-state index in [-0.39, 0.29) is 29.6 Å². The van der Waals surface area contributed by atoms with E-state index in [1.54, 1.807) is 6.07 Å². The lowest BCUT2D eigenvalue weighted by molar-refractivity contribution is 0.388. The van der Waals surface area contributed by atoms with Crippen molar-refractivity contribution in [2.45, 2.75) is 4.90 Å². The zero-order valence-corrected chi connectivity index (χ0v) is 24.3. The fourth-order valence-corrected chi connectivity index (χ4v) is 7.37. The molecule has 1 fully saturated rings. The number of benzene rings is 2. The number of hydrogen-bond donors (Lipinski definition) is 1. The lowest BCUT2D eigenvalue weighted by Gasteiger charge is -2.32. The third-order valence-electron chi connectivity index (χ3n) is 6.13. The number of nitrogens with one attached hydrogen (secondary N) is 1. The van der Waals surface area contributed by atoms with E-state index in [0.717, 1.165) is 29.7 Å². The van der Waals surface area contributed by atoms with Gasteiger partial charge in [-0.2, -0.15) is 4.31 Å². The second-order valence-corrected chi connectivity index (χ2v) is 13.8. The van der Waals surface area contributed by atoms with Crippen molar-refractivity contribution in [1.29, 1.82) is 0 Å². The summed E-state index contributed by atoms with van der Waals surface area (Å²) >= 11 is 7.16. The summed E-state index contributed by atoms with van der Waals surface area (Å²) in [5, 5.41) is 0.384. The van der Waals surface area contributed by atoms with Crippen molar-refractivity contribution in [3.05, 3.63) is 71.4 Å². The first-order valence-corrected chi connectivity index (χ1v) is 16.3. The summed E-state index contributed by atoms with van der Waals surface area (Å²) in [4.78, 5) is 14.0. The molecule has 17 heteroatoms. The molecule has 0 spiro atoms. The Labute approximate surface area is 242 Å². The van der Waals surface area contributed by atoms with Gasteiger partial charge in [-0.25, -0.2) is 45.0 Å². The number of hydrogen-bond acceptors (Lipinski definition) is 9. The minimum atomic E-state index is -4.71. The smallest absolute Gasteiger partial charge is 0.265 e. The Morgan fingerprint density at radius 1 is 0.976 bits per heavy atom. The van der Waals surface area contributed by atoms with Crippen LogP contribution < -0.4 is 9.62 Å². The fourth-order valence-electron chi connectivity index (χ4n) is 4.15. The minimum Gasteiger partial charge on any atom is -0.345 e. The van der Waals surface area contributed by atoms with E-state index < -0.39 is 48.1 Å². The Bertz CT molecular complexity index is 1850. The molecule has 1 saturated heterocycles. The minimum absolute atomic E-state index is 0.0655. The molecule has 4 aromatic rings. The van der Waals surface area contributed by atoms with Gasteiger partial charge in [0.15, 0.2) is 10.9 Å². The van der Waals surface area contributed by atoms with Gasteiger partial charge < -0.3 is 4.90 Å². The Morgan fingerprint density at radius 3 is 2.39 bits per heavy atom. The summed E-state index contributed by atoms with van der Waals surface area (Å²) in [6, 6.07) is 7.34. The number of piperazine rings is 1. The summed E-state index contributed by atoms with van der Waals surface area (Å²) in [5.41, 5.74) is -0.187. The molecule has 216 valence electrons. The van der Waals surface area contributed by atoms with Crippen LogP contribution in [-0.2, 0) is 20.0 Å². The van der Waals surface area contributed by atoms with Crippen molar-refractivity contribution in [2.24, 2.45) is 0 Å². The molecule has 3 heterocycles. The summed E-state index contributed by atoms with van der Waals surface area (Å²) in [6.45, 7) is 1.10. The molecule has 0 unspecified atom stereocenters. The van der Waals surface area contributed by atoms with Gasteiger partial charge in [0, 0.05) is 37.9 Å². The number of anilines is 2. The van der Waals surface area contributed by atoms with Crippen molar-refractivity contribution in [3.63, 3.8) is 0 Å². The quantitative estimate of drug-likeness (QED) is 0.297. The van der Waals surface area contributed by atoms with Crippen LogP contribution in [0.25, 0.3) is 21.8 Å². The average Bonchev–Trinajstić information content (AvgIpc) is 3.36. The fraction of sp³-hybridized carbons (Fsp3) is 0.208. The number of thiazole rings is 1. The highest BCUT2D eigenvalue weighted by Gasteiger charge is 2.29. The zero-order chi connectivity index (χ0) is 29.5. The molecule has 0 atom stereocenters. The number of sulfonamides is 2.